The predicted molar refractivity (Wildman–Crippen MR) is 72.4 cm³/mol. The first kappa shape index (κ1) is 14.8. The topological polar surface area (TPSA) is 56.5 Å². The second kappa shape index (κ2) is 5.79. The van der Waals surface area contributed by atoms with E-state index < -0.39 is 11.7 Å². The molecule has 1 aliphatic heterocycles. The SMILES string of the molecule is COC1(C(O)c2c(Cl)cnn2C(C)C)CCOCC1. The highest BCUT2D eigenvalue weighted by molar-refractivity contribution is 6.31. The van der Waals surface area contributed by atoms with Gasteiger partial charge in [-0.2, -0.15) is 5.10 Å². The number of aliphatic hydroxyl groups excluding tert-OH is 1. The lowest BCUT2D eigenvalue weighted by atomic mass is 9.86. The van der Waals surface area contributed by atoms with E-state index >= 15 is 0 Å². The Morgan fingerprint density at radius 1 is 1.47 bits per heavy atom. The molecule has 2 heterocycles. The second-order valence-corrected chi connectivity index (χ2v) is 5.61. The van der Waals surface area contributed by atoms with Crippen molar-refractivity contribution in [1.82, 2.24) is 9.78 Å². The number of aromatic nitrogens is 2. The quantitative estimate of drug-likeness (QED) is 0.924. The third-order valence-corrected chi connectivity index (χ3v) is 4.07. The van der Waals surface area contributed by atoms with Crippen molar-refractivity contribution in [3.8, 4) is 0 Å². The van der Waals surface area contributed by atoms with E-state index in [1.54, 1.807) is 18.0 Å². The van der Waals surface area contributed by atoms with Gasteiger partial charge in [0.05, 0.1) is 16.9 Å². The summed E-state index contributed by atoms with van der Waals surface area (Å²) in [7, 11) is 1.62. The Hall–Kier alpha value is -0.620. The summed E-state index contributed by atoms with van der Waals surface area (Å²) in [6, 6.07) is 0.130. The van der Waals surface area contributed by atoms with Crippen LogP contribution in [0.1, 0.15) is 44.5 Å². The standard InChI is InChI=1S/C13H21ClN2O3/c1-9(2)16-11(10(14)8-15-16)12(17)13(18-3)4-6-19-7-5-13/h8-9,12,17H,4-7H2,1-3H3. The molecule has 0 saturated carbocycles. The number of hydrogen-bond acceptors (Lipinski definition) is 4. The van der Waals surface area contributed by atoms with Gasteiger partial charge in [-0.1, -0.05) is 11.6 Å². The van der Waals surface area contributed by atoms with Crippen molar-refractivity contribution in [2.75, 3.05) is 20.3 Å². The Balaban J connectivity index is 2.36. The van der Waals surface area contributed by atoms with Crippen molar-refractivity contribution in [2.45, 2.75) is 44.4 Å². The van der Waals surface area contributed by atoms with E-state index in [9.17, 15) is 5.11 Å². The highest BCUT2D eigenvalue weighted by atomic mass is 35.5. The van der Waals surface area contributed by atoms with E-state index in [0.29, 0.717) is 36.8 Å². The zero-order valence-electron chi connectivity index (χ0n) is 11.6. The number of aliphatic hydroxyl groups is 1. The van der Waals surface area contributed by atoms with Crippen LogP contribution in [0.4, 0.5) is 0 Å². The molecule has 1 N–H and O–H groups in total. The third kappa shape index (κ3) is 2.65. The maximum Gasteiger partial charge on any atom is 0.126 e. The monoisotopic (exact) mass is 288 g/mol. The molecule has 0 aliphatic carbocycles. The van der Waals surface area contributed by atoms with Crippen molar-refractivity contribution in [3.63, 3.8) is 0 Å². The second-order valence-electron chi connectivity index (χ2n) is 5.20. The number of hydrogen-bond donors (Lipinski definition) is 1. The van der Waals surface area contributed by atoms with Gasteiger partial charge >= 0.3 is 0 Å². The van der Waals surface area contributed by atoms with Crippen LogP contribution in [-0.2, 0) is 9.47 Å². The minimum absolute atomic E-state index is 0.130. The summed E-state index contributed by atoms with van der Waals surface area (Å²) in [5, 5.41) is 15.5. The minimum atomic E-state index is -0.807. The van der Waals surface area contributed by atoms with E-state index in [-0.39, 0.29) is 6.04 Å². The van der Waals surface area contributed by atoms with Crippen LogP contribution in [0.25, 0.3) is 0 Å². The van der Waals surface area contributed by atoms with Crippen LogP contribution in [-0.4, -0.2) is 40.8 Å². The number of rotatable bonds is 4. The highest BCUT2D eigenvalue weighted by Gasteiger charge is 2.43. The van der Waals surface area contributed by atoms with Gasteiger partial charge in [0, 0.05) is 39.2 Å². The van der Waals surface area contributed by atoms with Gasteiger partial charge in [-0.25, -0.2) is 0 Å². The van der Waals surface area contributed by atoms with Crippen LogP contribution in [0.5, 0.6) is 0 Å². The van der Waals surface area contributed by atoms with Gasteiger partial charge in [0.1, 0.15) is 11.7 Å². The molecule has 6 heteroatoms. The minimum Gasteiger partial charge on any atom is -0.384 e. The fourth-order valence-corrected chi connectivity index (χ4v) is 2.81. The van der Waals surface area contributed by atoms with Crippen LogP contribution in [0.3, 0.4) is 0 Å². The lowest BCUT2D eigenvalue weighted by Crippen LogP contribution is -2.44. The molecule has 1 aromatic rings. The molecule has 0 amide bonds. The van der Waals surface area contributed by atoms with E-state index in [1.165, 1.54) is 0 Å². The molecular formula is C13H21ClN2O3. The van der Waals surface area contributed by atoms with Crippen LogP contribution in [0, 0.1) is 0 Å². The molecule has 0 radical (unpaired) electrons. The van der Waals surface area contributed by atoms with Gasteiger partial charge < -0.3 is 14.6 Å². The van der Waals surface area contributed by atoms with Crippen molar-refractivity contribution < 1.29 is 14.6 Å². The fraction of sp³-hybridized carbons (Fsp3) is 0.769. The summed E-state index contributed by atoms with van der Waals surface area (Å²) in [5.41, 5.74) is -0.0189. The van der Waals surface area contributed by atoms with Crippen LogP contribution < -0.4 is 0 Å². The summed E-state index contributed by atoms with van der Waals surface area (Å²) < 4.78 is 12.7. The molecule has 108 valence electrons. The summed E-state index contributed by atoms with van der Waals surface area (Å²) in [5.74, 6) is 0. The maximum absolute atomic E-state index is 10.8. The van der Waals surface area contributed by atoms with Gasteiger partial charge in [0.25, 0.3) is 0 Å². The van der Waals surface area contributed by atoms with Crippen molar-refractivity contribution in [2.24, 2.45) is 0 Å². The Labute approximate surface area is 118 Å². The molecule has 1 fully saturated rings. The van der Waals surface area contributed by atoms with Crippen LogP contribution >= 0.6 is 11.6 Å². The molecule has 0 aromatic carbocycles. The first-order chi connectivity index (χ1) is 9.02. The average Bonchev–Trinajstić information content (AvgIpc) is 2.80. The van der Waals surface area contributed by atoms with Crippen molar-refractivity contribution >= 4 is 11.6 Å². The predicted octanol–water partition coefficient (Wildman–Crippen LogP) is 2.35. The van der Waals surface area contributed by atoms with E-state index in [1.807, 2.05) is 13.8 Å². The zero-order chi connectivity index (χ0) is 14.0. The smallest absolute Gasteiger partial charge is 0.126 e. The number of halogens is 1. The summed E-state index contributed by atoms with van der Waals surface area (Å²) in [4.78, 5) is 0. The molecule has 2 rings (SSSR count). The normalized spacial score (nSPS) is 20.7. The molecule has 0 spiro atoms. The molecule has 1 atom stereocenters. The number of methoxy groups -OCH3 is 1. The Morgan fingerprint density at radius 2 is 2.11 bits per heavy atom. The zero-order valence-corrected chi connectivity index (χ0v) is 12.4. The Bertz CT molecular complexity index is 428. The molecule has 5 nitrogen and oxygen atoms in total. The van der Waals surface area contributed by atoms with Crippen LogP contribution in [0.2, 0.25) is 5.02 Å². The maximum atomic E-state index is 10.8. The summed E-state index contributed by atoms with van der Waals surface area (Å²) >= 11 is 6.19. The van der Waals surface area contributed by atoms with E-state index in [2.05, 4.69) is 5.10 Å². The fourth-order valence-electron chi connectivity index (χ4n) is 2.57. The van der Waals surface area contributed by atoms with Gasteiger partial charge in [-0.15, -0.1) is 0 Å². The van der Waals surface area contributed by atoms with Gasteiger partial charge in [0.15, 0.2) is 0 Å². The average molecular weight is 289 g/mol. The molecule has 0 bridgehead atoms. The molecule has 1 aliphatic rings. The van der Waals surface area contributed by atoms with E-state index in [0.717, 1.165) is 0 Å². The first-order valence-corrected chi connectivity index (χ1v) is 6.93. The molecular weight excluding hydrogens is 268 g/mol. The van der Waals surface area contributed by atoms with Crippen molar-refractivity contribution in [1.29, 1.82) is 0 Å². The summed E-state index contributed by atoms with van der Waals surface area (Å²) in [6.07, 6.45) is 2.05. The molecule has 1 unspecified atom stereocenters. The van der Waals surface area contributed by atoms with Gasteiger partial charge in [-0.05, 0) is 13.8 Å². The molecule has 1 aromatic heterocycles. The lowest BCUT2D eigenvalue weighted by molar-refractivity contribution is -0.156. The number of ether oxygens (including phenoxy) is 2. The molecule has 19 heavy (non-hydrogen) atoms. The largest absolute Gasteiger partial charge is 0.384 e. The lowest BCUT2D eigenvalue weighted by Gasteiger charge is -2.40. The Morgan fingerprint density at radius 3 is 2.63 bits per heavy atom. The summed E-state index contributed by atoms with van der Waals surface area (Å²) in [6.45, 7) is 5.17. The van der Waals surface area contributed by atoms with Crippen LogP contribution in [0.15, 0.2) is 6.20 Å². The third-order valence-electron chi connectivity index (χ3n) is 3.78. The van der Waals surface area contributed by atoms with E-state index in [4.69, 9.17) is 21.1 Å². The molecule has 1 saturated heterocycles. The Kier molecular flexibility index (Phi) is 4.50. The van der Waals surface area contributed by atoms with Gasteiger partial charge in [0.2, 0.25) is 0 Å². The van der Waals surface area contributed by atoms with Gasteiger partial charge in [-0.3, -0.25) is 4.68 Å². The van der Waals surface area contributed by atoms with Crippen molar-refractivity contribution in [3.05, 3.63) is 16.9 Å². The first-order valence-electron chi connectivity index (χ1n) is 6.55. The number of nitrogens with zero attached hydrogens (tertiary/aromatic N) is 2. The highest BCUT2D eigenvalue weighted by Crippen LogP contribution is 2.40.